The molecule has 6 heteroatoms. The zero-order chi connectivity index (χ0) is 18.7. The highest BCUT2D eigenvalue weighted by Crippen LogP contribution is 2.29. The molecular formula is C20H22N2O3S. The second kappa shape index (κ2) is 7.85. The van der Waals surface area contributed by atoms with Gasteiger partial charge in [0, 0.05) is 34.6 Å². The summed E-state index contributed by atoms with van der Waals surface area (Å²) < 4.78 is 5.85. The molecule has 1 fully saturated rings. The second-order valence-electron chi connectivity index (χ2n) is 6.21. The van der Waals surface area contributed by atoms with E-state index in [-0.39, 0.29) is 17.9 Å². The van der Waals surface area contributed by atoms with Gasteiger partial charge < -0.3 is 14.5 Å². The molecule has 0 aliphatic carbocycles. The molecule has 0 bridgehead atoms. The van der Waals surface area contributed by atoms with Gasteiger partial charge in [0.05, 0.1) is 13.2 Å². The Kier molecular flexibility index (Phi) is 5.54. The monoisotopic (exact) mass is 370 g/mol. The van der Waals surface area contributed by atoms with E-state index in [0.29, 0.717) is 25.3 Å². The molecule has 0 spiro atoms. The van der Waals surface area contributed by atoms with Gasteiger partial charge in [0.15, 0.2) is 0 Å². The van der Waals surface area contributed by atoms with Crippen molar-refractivity contribution in [2.75, 3.05) is 31.6 Å². The van der Waals surface area contributed by atoms with Gasteiger partial charge in [0.1, 0.15) is 6.10 Å². The van der Waals surface area contributed by atoms with Crippen LogP contribution in [0.2, 0.25) is 0 Å². The number of morpholine rings is 1. The molecule has 26 heavy (non-hydrogen) atoms. The Hall–Kier alpha value is -2.44. The number of thiophene rings is 1. The molecule has 1 atom stereocenters. The lowest BCUT2D eigenvalue weighted by atomic mass is 10.1. The number of benzene rings is 1. The van der Waals surface area contributed by atoms with Crippen LogP contribution in [-0.2, 0) is 9.53 Å². The third kappa shape index (κ3) is 3.86. The van der Waals surface area contributed by atoms with Crippen LogP contribution in [0.4, 0.5) is 5.69 Å². The highest BCUT2D eigenvalue weighted by molar-refractivity contribution is 7.12. The summed E-state index contributed by atoms with van der Waals surface area (Å²) in [6, 6.07) is 11.2. The van der Waals surface area contributed by atoms with Gasteiger partial charge in [0.25, 0.3) is 5.91 Å². The van der Waals surface area contributed by atoms with Gasteiger partial charge >= 0.3 is 0 Å². The standard InChI is InChI=1S/C20H22N2O3S/c1-4-19(23)21(3)16-8-6-15(7-9-16)20(24)22-11-12-25-17(13-22)18-10-5-14(2)26-18/h4-10,17H,1,11-13H2,2-3H3. The summed E-state index contributed by atoms with van der Waals surface area (Å²) in [7, 11) is 1.68. The maximum atomic E-state index is 12.8. The van der Waals surface area contributed by atoms with Crippen molar-refractivity contribution >= 4 is 28.8 Å². The Labute approximate surface area is 157 Å². The van der Waals surface area contributed by atoms with E-state index in [1.807, 2.05) is 4.90 Å². The Morgan fingerprint density at radius 3 is 2.62 bits per heavy atom. The van der Waals surface area contributed by atoms with E-state index in [1.165, 1.54) is 15.9 Å². The number of likely N-dealkylation sites (N-methyl/N-ethyl adjacent to an activating group) is 1. The fraction of sp³-hybridized carbons (Fsp3) is 0.300. The van der Waals surface area contributed by atoms with Crippen LogP contribution in [0.5, 0.6) is 0 Å². The average molecular weight is 370 g/mol. The van der Waals surface area contributed by atoms with Crippen molar-refractivity contribution in [2.45, 2.75) is 13.0 Å². The highest BCUT2D eigenvalue weighted by atomic mass is 32.1. The number of carbonyl (C=O) groups excluding carboxylic acids is 2. The molecule has 1 aliphatic rings. The summed E-state index contributed by atoms with van der Waals surface area (Å²) in [4.78, 5) is 30.2. The minimum Gasteiger partial charge on any atom is -0.369 e. The van der Waals surface area contributed by atoms with Crippen molar-refractivity contribution in [1.29, 1.82) is 0 Å². The van der Waals surface area contributed by atoms with E-state index in [9.17, 15) is 9.59 Å². The molecule has 1 unspecified atom stereocenters. The molecule has 1 saturated heterocycles. The Balaban J connectivity index is 1.70. The average Bonchev–Trinajstić information content (AvgIpc) is 3.13. The highest BCUT2D eigenvalue weighted by Gasteiger charge is 2.27. The maximum Gasteiger partial charge on any atom is 0.254 e. The van der Waals surface area contributed by atoms with Crippen LogP contribution in [0, 0.1) is 6.92 Å². The lowest BCUT2D eigenvalue weighted by Crippen LogP contribution is -2.42. The lowest BCUT2D eigenvalue weighted by molar-refractivity contribution is -0.113. The zero-order valence-electron chi connectivity index (χ0n) is 15.0. The predicted molar refractivity (Wildman–Crippen MR) is 104 cm³/mol. The van der Waals surface area contributed by atoms with Gasteiger partial charge in [-0.3, -0.25) is 9.59 Å². The molecule has 1 aliphatic heterocycles. The van der Waals surface area contributed by atoms with Crippen LogP contribution in [-0.4, -0.2) is 43.5 Å². The summed E-state index contributed by atoms with van der Waals surface area (Å²) in [5.41, 5.74) is 1.33. The number of rotatable bonds is 4. The number of anilines is 1. The Morgan fingerprint density at radius 2 is 2.00 bits per heavy atom. The van der Waals surface area contributed by atoms with E-state index < -0.39 is 0 Å². The summed E-state index contributed by atoms with van der Waals surface area (Å²) in [5, 5.41) is 0. The first-order chi connectivity index (χ1) is 12.5. The van der Waals surface area contributed by atoms with Gasteiger partial charge in [-0.05, 0) is 49.4 Å². The number of ether oxygens (including phenoxy) is 1. The number of carbonyl (C=O) groups is 2. The Bertz CT molecular complexity index is 813. The van der Waals surface area contributed by atoms with Crippen molar-refractivity contribution < 1.29 is 14.3 Å². The number of hydrogen-bond donors (Lipinski definition) is 0. The molecule has 2 heterocycles. The van der Waals surface area contributed by atoms with Crippen molar-refractivity contribution in [3.63, 3.8) is 0 Å². The minimum absolute atomic E-state index is 0.0178. The molecular weight excluding hydrogens is 348 g/mol. The molecule has 1 aromatic heterocycles. The van der Waals surface area contributed by atoms with E-state index >= 15 is 0 Å². The summed E-state index contributed by atoms with van der Waals surface area (Å²) in [6.07, 6.45) is 1.20. The molecule has 1 aromatic carbocycles. The summed E-state index contributed by atoms with van der Waals surface area (Å²) in [5.74, 6) is -0.206. The van der Waals surface area contributed by atoms with Crippen molar-refractivity contribution in [1.82, 2.24) is 4.90 Å². The van der Waals surface area contributed by atoms with Crippen LogP contribution < -0.4 is 4.90 Å². The van der Waals surface area contributed by atoms with Crippen molar-refractivity contribution in [2.24, 2.45) is 0 Å². The van der Waals surface area contributed by atoms with Gasteiger partial charge in [-0.15, -0.1) is 11.3 Å². The molecule has 2 amide bonds. The molecule has 2 aromatic rings. The van der Waals surface area contributed by atoms with Crippen LogP contribution in [0.25, 0.3) is 0 Å². The third-order valence-corrected chi connectivity index (χ3v) is 5.53. The van der Waals surface area contributed by atoms with Crippen molar-refractivity contribution in [3.05, 3.63) is 64.4 Å². The van der Waals surface area contributed by atoms with Gasteiger partial charge in [-0.2, -0.15) is 0 Å². The first-order valence-electron chi connectivity index (χ1n) is 8.47. The molecule has 5 nitrogen and oxygen atoms in total. The normalized spacial score (nSPS) is 17.0. The zero-order valence-corrected chi connectivity index (χ0v) is 15.8. The number of nitrogens with zero attached hydrogens (tertiary/aromatic N) is 2. The molecule has 0 saturated carbocycles. The van der Waals surface area contributed by atoms with E-state index in [4.69, 9.17) is 4.74 Å². The molecule has 0 radical (unpaired) electrons. The smallest absolute Gasteiger partial charge is 0.254 e. The first kappa shape index (κ1) is 18.4. The van der Waals surface area contributed by atoms with Gasteiger partial charge in [-0.1, -0.05) is 6.58 Å². The van der Waals surface area contributed by atoms with Crippen LogP contribution in [0.3, 0.4) is 0 Å². The minimum atomic E-state index is -0.189. The molecule has 136 valence electrons. The topological polar surface area (TPSA) is 49.9 Å². The van der Waals surface area contributed by atoms with Crippen LogP contribution >= 0.6 is 11.3 Å². The predicted octanol–water partition coefficient (Wildman–Crippen LogP) is 3.42. The first-order valence-corrected chi connectivity index (χ1v) is 9.28. The fourth-order valence-electron chi connectivity index (χ4n) is 2.91. The van der Waals surface area contributed by atoms with Crippen LogP contribution in [0.15, 0.2) is 49.1 Å². The number of hydrogen-bond acceptors (Lipinski definition) is 4. The molecule has 3 rings (SSSR count). The van der Waals surface area contributed by atoms with Crippen molar-refractivity contribution in [3.8, 4) is 0 Å². The SMILES string of the molecule is C=CC(=O)N(C)c1ccc(C(=O)N2CCOC(c3ccc(C)s3)C2)cc1. The van der Waals surface area contributed by atoms with E-state index in [2.05, 4.69) is 25.6 Å². The quantitative estimate of drug-likeness (QED) is 0.775. The number of amides is 2. The molecule has 0 N–H and O–H groups in total. The summed E-state index contributed by atoms with van der Waals surface area (Å²) in [6.45, 7) is 7.21. The second-order valence-corrected chi connectivity index (χ2v) is 7.53. The van der Waals surface area contributed by atoms with E-state index in [1.54, 1.807) is 42.6 Å². The van der Waals surface area contributed by atoms with Gasteiger partial charge in [-0.25, -0.2) is 0 Å². The lowest BCUT2D eigenvalue weighted by Gasteiger charge is -2.32. The Morgan fingerprint density at radius 1 is 1.27 bits per heavy atom. The number of aryl methyl sites for hydroxylation is 1. The van der Waals surface area contributed by atoms with Gasteiger partial charge in [0.2, 0.25) is 5.91 Å². The fourth-order valence-corrected chi connectivity index (χ4v) is 3.82. The summed E-state index contributed by atoms with van der Waals surface area (Å²) >= 11 is 1.71. The van der Waals surface area contributed by atoms with E-state index in [0.717, 1.165) is 10.6 Å². The third-order valence-electron chi connectivity index (χ3n) is 4.44. The largest absolute Gasteiger partial charge is 0.369 e. The van der Waals surface area contributed by atoms with Crippen LogP contribution in [0.1, 0.15) is 26.2 Å². The maximum absolute atomic E-state index is 12.8.